The highest BCUT2D eigenvalue weighted by Gasteiger charge is 2.32. The van der Waals surface area contributed by atoms with Crippen LogP contribution in [0.2, 0.25) is 0 Å². The molecule has 0 bridgehead atoms. The number of amides is 1. The summed E-state index contributed by atoms with van der Waals surface area (Å²) in [5.41, 5.74) is 1.63. The van der Waals surface area contributed by atoms with Crippen LogP contribution in [0.1, 0.15) is 5.56 Å². The van der Waals surface area contributed by atoms with E-state index in [0.717, 1.165) is 16.3 Å². The molecule has 100 valence electrons. The number of thiocarbonyl (C=S) groups is 1. The first-order valence-electron chi connectivity index (χ1n) is 6.35. The van der Waals surface area contributed by atoms with Crippen molar-refractivity contribution in [2.75, 3.05) is 14.1 Å². The molecule has 3 rings (SSSR count). The quantitative estimate of drug-likeness (QED) is 0.593. The minimum absolute atomic E-state index is 0.0644. The second-order valence-electron chi connectivity index (χ2n) is 4.80. The maximum atomic E-state index is 12.2. The molecule has 1 aliphatic rings. The van der Waals surface area contributed by atoms with E-state index in [1.807, 2.05) is 37.4 Å². The fraction of sp³-hybridized carbons (Fsp3) is 0.125. The van der Waals surface area contributed by atoms with E-state index >= 15 is 0 Å². The fourth-order valence-corrected chi connectivity index (χ4v) is 2.59. The molecule has 2 aromatic rings. The van der Waals surface area contributed by atoms with Gasteiger partial charge in [0.1, 0.15) is 5.70 Å². The summed E-state index contributed by atoms with van der Waals surface area (Å²) in [6, 6.07) is 14.2. The number of hydrogen-bond donors (Lipinski definition) is 0. The normalized spacial score (nSPS) is 17.6. The van der Waals surface area contributed by atoms with Crippen molar-refractivity contribution in [3.8, 4) is 0 Å². The van der Waals surface area contributed by atoms with Crippen LogP contribution in [0.4, 0.5) is 0 Å². The number of hydrogen-bond acceptors (Lipinski definition) is 2. The second kappa shape index (κ2) is 4.72. The molecule has 0 aromatic heterocycles. The molecule has 4 heteroatoms. The zero-order chi connectivity index (χ0) is 14.3. The van der Waals surface area contributed by atoms with Crippen molar-refractivity contribution in [3.05, 3.63) is 53.7 Å². The van der Waals surface area contributed by atoms with Crippen molar-refractivity contribution in [3.63, 3.8) is 0 Å². The van der Waals surface area contributed by atoms with Gasteiger partial charge in [-0.05, 0) is 34.6 Å². The van der Waals surface area contributed by atoms with Gasteiger partial charge in [0.2, 0.25) is 0 Å². The summed E-state index contributed by atoms with van der Waals surface area (Å²) in [6.07, 6.45) is 1.90. The van der Waals surface area contributed by atoms with E-state index in [-0.39, 0.29) is 5.91 Å². The van der Waals surface area contributed by atoms with Crippen molar-refractivity contribution < 1.29 is 4.79 Å². The Bertz CT molecular complexity index is 746. The molecule has 0 saturated carbocycles. The maximum Gasteiger partial charge on any atom is 0.276 e. The maximum absolute atomic E-state index is 12.2. The average molecular weight is 282 g/mol. The van der Waals surface area contributed by atoms with Crippen LogP contribution in [0, 0.1) is 0 Å². The Labute approximate surface area is 123 Å². The van der Waals surface area contributed by atoms with E-state index < -0.39 is 0 Å². The van der Waals surface area contributed by atoms with Crippen molar-refractivity contribution in [2.24, 2.45) is 0 Å². The number of carbonyl (C=O) groups is 1. The third-order valence-corrected chi connectivity index (χ3v) is 4.12. The molecular formula is C16H14N2OS. The highest BCUT2D eigenvalue weighted by molar-refractivity contribution is 7.80. The Morgan fingerprint density at radius 3 is 2.40 bits per heavy atom. The molecule has 0 spiro atoms. The predicted octanol–water partition coefficient (Wildman–Crippen LogP) is 2.87. The van der Waals surface area contributed by atoms with E-state index in [1.165, 1.54) is 4.90 Å². The Balaban J connectivity index is 2.16. The largest absolute Gasteiger partial charge is 0.317 e. The van der Waals surface area contributed by atoms with Crippen LogP contribution in [0.15, 0.2) is 48.2 Å². The molecule has 1 fully saturated rings. The number of rotatable bonds is 1. The van der Waals surface area contributed by atoms with Gasteiger partial charge >= 0.3 is 0 Å². The third kappa shape index (κ3) is 1.89. The lowest BCUT2D eigenvalue weighted by atomic mass is 10.0. The molecule has 0 unspecified atom stereocenters. The summed E-state index contributed by atoms with van der Waals surface area (Å²) in [5.74, 6) is -0.0644. The van der Waals surface area contributed by atoms with Gasteiger partial charge in [-0.3, -0.25) is 9.69 Å². The molecule has 1 amide bonds. The van der Waals surface area contributed by atoms with E-state index in [9.17, 15) is 4.79 Å². The van der Waals surface area contributed by atoms with E-state index in [1.54, 1.807) is 11.9 Å². The summed E-state index contributed by atoms with van der Waals surface area (Å²) < 4.78 is 0. The lowest BCUT2D eigenvalue weighted by molar-refractivity contribution is -0.121. The molecule has 1 saturated heterocycles. The molecular weight excluding hydrogens is 268 g/mol. The van der Waals surface area contributed by atoms with Crippen molar-refractivity contribution in [2.45, 2.75) is 0 Å². The molecule has 3 nitrogen and oxygen atoms in total. The number of likely N-dealkylation sites (N-methyl/N-ethyl adjacent to an activating group) is 2. The van der Waals surface area contributed by atoms with Crippen LogP contribution in [0.25, 0.3) is 16.8 Å². The Morgan fingerprint density at radius 2 is 1.70 bits per heavy atom. The number of carbonyl (C=O) groups excluding carboxylic acids is 1. The van der Waals surface area contributed by atoms with Gasteiger partial charge in [0, 0.05) is 14.1 Å². The minimum Gasteiger partial charge on any atom is -0.317 e. The van der Waals surface area contributed by atoms with Gasteiger partial charge in [0.25, 0.3) is 5.91 Å². The minimum atomic E-state index is -0.0644. The first kappa shape index (κ1) is 12.8. The monoisotopic (exact) mass is 282 g/mol. The van der Waals surface area contributed by atoms with Crippen LogP contribution in [-0.4, -0.2) is 34.9 Å². The van der Waals surface area contributed by atoms with Gasteiger partial charge in [-0.25, -0.2) is 0 Å². The molecule has 0 N–H and O–H groups in total. The Morgan fingerprint density at radius 1 is 1.00 bits per heavy atom. The first-order chi connectivity index (χ1) is 9.59. The summed E-state index contributed by atoms with van der Waals surface area (Å²) in [4.78, 5) is 15.4. The molecule has 0 aliphatic carbocycles. The lowest BCUT2D eigenvalue weighted by Crippen LogP contribution is -2.26. The van der Waals surface area contributed by atoms with Crippen LogP contribution in [0.3, 0.4) is 0 Å². The van der Waals surface area contributed by atoms with Gasteiger partial charge in [0.05, 0.1) is 0 Å². The highest BCUT2D eigenvalue weighted by Crippen LogP contribution is 2.25. The SMILES string of the molecule is CN1C(=O)C(=Cc2cccc3ccccc23)N(C)C1=S. The third-order valence-electron chi connectivity index (χ3n) is 3.57. The Kier molecular flexibility index (Phi) is 3.03. The van der Waals surface area contributed by atoms with Gasteiger partial charge in [-0.15, -0.1) is 0 Å². The molecule has 1 aliphatic heterocycles. The molecule has 0 atom stereocenters. The van der Waals surface area contributed by atoms with E-state index in [2.05, 4.69) is 18.2 Å². The zero-order valence-electron chi connectivity index (χ0n) is 11.3. The number of nitrogens with zero attached hydrogens (tertiary/aromatic N) is 2. The smallest absolute Gasteiger partial charge is 0.276 e. The van der Waals surface area contributed by atoms with Crippen LogP contribution in [-0.2, 0) is 4.79 Å². The Hall–Kier alpha value is -2.20. The van der Waals surface area contributed by atoms with Crippen LogP contribution < -0.4 is 0 Å². The fourth-order valence-electron chi connectivity index (χ4n) is 2.41. The van der Waals surface area contributed by atoms with Gasteiger partial charge in [-0.2, -0.15) is 0 Å². The van der Waals surface area contributed by atoms with Crippen molar-refractivity contribution in [1.29, 1.82) is 0 Å². The second-order valence-corrected chi connectivity index (χ2v) is 5.17. The summed E-state index contributed by atoms with van der Waals surface area (Å²) in [5, 5.41) is 2.82. The van der Waals surface area contributed by atoms with E-state index in [4.69, 9.17) is 12.2 Å². The first-order valence-corrected chi connectivity index (χ1v) is 6.75. The summed E-state index contributed by atoms with van der Waals surface area (Å²) >= 11 is 5.22. The number of fused-ring (bicyclic) bond motifs is 1. The molecule has 0 radical (unpaired) electrons. The summed E-state index contributed by atoms with van der Waals surface area (Å²) in [7, 11) is 3.52. The lowest BCUT2D eigenvalue weighted by Gasteiger charge is -2.11. The average Bonchev–Trinajstić information content (AvgIpc) is 2.65. The predicted molar refractivity (Wildman–Crippen MR) is 85.1 cm³/mol. The van der Waals surface area contributed by atoms with Crippen molar-refractivity contribution >= 4 is 40.1 Å². The molecule has 20 heavy (non-hydrogen) atoms. The van der Waals surface area contributed by atoms with Crippen LogP contribution in [0.5, 0.6) is 0 Å². The van der Waals surface area contributed by atoms with Gasteiger partial charge in [-0.1, -0.05) is 42.5 Å². The topological polar surface area (TPSA) is 23.6 Å². The summed E-state index contributed by atoms with van der Waals surface area (Å²) in [6.45, 7) is 0. The molecule has 1 heterocycles. The number of benzene rings is 2. The zero-order valence-corrected chi connectivity index (χ0v) is 12.1. The molecule has 2 aromatic carbocycles. The van der Waals surface area contributed by atoms with Crippen molar-refractivity contribution in [1.82, 2.24) is 9.80 Å². The van der Waals surface area contributed by atoms with E-state index in [0.29, 0.717) is 10.8 Å². The van der Waals surface area contributed by atoms with Gasteiger partial charge < -0.3 is 4.90 Å². The van der Waals surface area contributed by atoms with Gasteiger partial charge in [0.15, 0.2) is 5.11 Å². The standard InChI is InChI=1S/C16H14N2OS/c1-17-14(15(19)18(2)16(17)20)10-12-8-5-7-11-6-3-4-9-13(11)12/h3-10H,1-2H3. The highest BCUT2D eigenvalue weighted by atomic mass is 32.1. The van der Waals surface area contributed by atoms with Crippen LogP contribution >= 0.6 is 12.2 Å².